The zero-order valence-electron chi connectivity index (χ0n) is 15.9. The molecule has 146 valence electrons. The van der Waals surface area contributed by atoms with Crippen LogP contribution in [0.15, 0.2) is 36.5 Å². The van der Waals surface area contributed by atoms with Gasteiger partial charge < -0.3 is 5.32 Å². The van der Waals surface area contributed by atoms with E-state index in [9.17, 15) is 13.2 Å². The predicted octanol–water partition coefficient (Wildman–Crippen LogP) is 1.19. The third kappa shape index (κ3) is 4.05. The molecule has 0 bridgehead atoms. The number of aryl methyl sites for hydroxylation is 2. The maximum absolute atomic E-state index is 12.9. The van der Waals surface area contributed by atoms with Crippen molar-refractivity contribution in [2.45, 2.75) is 38.4 Å². The van der Waals surface area contributed by atoms with Crippen LogP contribution in [0.4, 0.5) is 0 Å². The molecule has 1 aromatic heterocycles. The lowest BCUT2D eigenvalue weighted by molar-refractivity contribution is -0.125. The van der Waals surface area contributed by atoms with Gasteiger partial charge in [0.15, 0.2) is 0 Å². The minimum absolute atomic E-state index is 0.219. The third-order valence-corrected chi connectivity index (χ3v) is 6.55. The first-order chi connectivity index (χ1) is 12.7. The Morgan fingerprint density at radius 2 is 1.96 bits per heavy atom. The normalized spacial score (nSPS) is 23.7. The van der Waals surface area contributed by atoms with E-state index >= 15 is 0 Å². The highest BCUT2D eigenvalue weighted by Gasteiger charge is 2.41. The molecule has 1 saturated heterocycles. The van der Waals surface area contributed by atoms with Gasteiger partial charge in [0.1, 0.15) is 6.04 Å². The van der Waals surface area contributed by atoms with Crippen LogP contribution in [-0.4, -0.2) is 41.5 Å². The van der Waals surface area contributed by atoms with E-state index in [0.717, 1.165) is 21.1 Å². The van der Waals surface area contributed by atoms with E-state index in [2.05, 4.69) is 15.1 Å². The second-order valence-electron chi connectivity index (χ2n) is 6.93. The zero-order valence-corrected chi connectivity index (χ0v) is 16.7. The summed E-state index contributed by atoms with van der Waals surface area (Å²) in [7, 11) is -0.569. The molecule has 1 aliphatic rings. The van der Waals surface area contributed by atoms with E-state index in [1.807, 2.05) is 44.2 Å². The lowest BCUT2D eigenvalue weighted by atomic mass is 9.99. The second-order valence-corrected chi connectivity index (χ2v) is 8.69. The van der Waals surface area contributed by atoms with Gasteiger partial charge >= 0.3 is 0 Å². The van der Waals surface area contributed by atoms with E-state index in [4.69, 9.17) is 0 Å². The van der Waals surface area contributed by atoms with Gasteiger partial charge in [-0.25, -0.2) is 0 Å². The summed E-state index contributed by atoms with van der Waals surface area (Å²) in [5.41, 5.74) is 2.49. The van der Waals surface area contributed by atoms with E-state index < -0.39 is 22.3 Å². The van der Waals surface area contributed by atoms with Gasteiger partial charge in [-0.3, -0.25) is 9.48 Å². The van der Waals surface area contributed by atoms with Crippen LogP contribution in [0.25, 0.3) is 0 Å². The van der Waals surface area contributed by atoms with Crippen molar-refractivity contribution in [3.05, 3.63) is 53.3 Å². The average molecular weight is 391 g/mol. The minimum Gasteiger partial charge on any atom is -0.348 e. The Morgan fingerprint density at radius 3 is 2.56 bits per heavy atom. The molecule has 0 spiro atoms. The number of benzene rings is 1. The maximum atomic E-state index is 12.9. The van der Waals surface area contributed by atoms with E-state index in [0.29, 0.717) is 6.42 Å². The van der Waals surface area contributed by atoms with Crippen LogP contribution in [-0.2, 0) is 22.1 Å². The molecule has 3 rings (SSSR count). The second kappa shape index (κ2) is 7.41. The molecule has 0 radical (unpaired) electrons. The van der Waals surface area contributed by atoms with E-state index in [1.165, 1.54) is 7.05 Å². The van der Waals surface area contributed by atoms with Gasteiger partial charge in [-0.15, -0.1) is 0 Å². The Labute approximate surface area is 159 Å². The quantitative estimate of drug-likeness (QED) is 0.818. The highest BCUT2D eigenvalue weighted by atomic mass is 32.2. The van der Waals surface area contributed by atoms with Gasteiger partial charge in [0.05, 0.1) is 17.8 Å². The van der Waals surface area contributed by atoms with Crippen molar-refractivity contribution in [1.29, 1.82) is 0 Å². The lowest BCUT2D eigenvalue weighted by Gasteiger charge is -2.36. The number of carbonyl (C=O) groups excluding carboxylic acids is 1. The van der Waals surface area contributed by atoms with Crippen LogP contribution in [0.2, 0.25) is 0 Å². The van der Waals surface area contributed by atoms with Crippen molar-refractivity contribution in [3.8, 4) is 0 Å². The Bertz CT molecular complexity index is 926. The smallest absolute Gasteiger partial charge is 0.280 e. The molecule has 0 aliphatic carbocycles. The van der Waals surface area contributed by atoms with Crippen LogP contribution in [0.3, 0.4) is 0 Å². The number of hydrogen-bond donors (Lipinski definition) is 2. The highest BCUT2D eigenvalue weighted by Crippen LogP contribution is 2.29. The topological polar surface area (TPSA) is 96.3 Å². The van der Waals surface area contributed by atoms with Crippen LogP contribution in [0.5, 0.6) is 0 Å². The first-order valence-corrected chi connectivity index (χ1v) is 10.2. The molecule has 3 atom stereocenters. The predicted molar refractivity (Wildman–Crippen MR) is 102 cm³/mol. The molecule has 1 amide bonds. The molecule has 1 fully saturated rings. The molecule has 1 aromatic carbocycles. The molecule has 2 N–H and O–H groups in total. The van der Waals surface area contributed by atoms with Crippen molar-refractivity contribution in [1.82, 2.24) is 24.1 Å². The van der Waals surface area contributed by atoms with E-state index in [1.54, 1.807) is 17.9 Å². The molecule has 1 aliphatic heterocycles. The summed E-state index contributed by atoms with van der Waals surface area (Å²) in [5.74, 6) is -0.314. The van der Waals surface area contributed by atoms with Gasteiger partial charge in [-0.2, -0.15) is 22.5 Å². The molecule has 2 aromatic rings. The van der Waals surface area contributed by atoms with Gasteiger partial charge in [0.2, 0.25) is 5.91 Å². The number of likely N-dealkylation sites (N-methyl/N-ethyl adjacent to an activating group) is 1. The largest absolute Gasteiger partial charge is 0.348 e. The highest BCUT2D eigenvalue weighted by molar-refractivity contribution is 7.87. The fourth-order valence-electron chi connectivity index (χ4n) is 3.41. The maximum Gasteiger partial charge on any atom is 0.280 e. The summed E-state index contributed by atoms with van der Waals surface area (Å²) in [4.78, 5) is 12.9. The average Bonchev–Trinajstić information content (AvgIpc) is 2.96. The van der Waals surface area contributed by atoms with Crippen molar-refractivity contribution >= 4 is 16.1 Å². The van der Waals surface area contributed by atoms with Gasteiger partial charge in [0.25, 0.3) is 10.2 Å². The number of aromatic nitrogens is 2. The Balaban J connectivity index is 1.82. The Morgan fingerprint density at radius 1 is 1.30 bits per heavy atom. The Kier molecular flexibility index (Phi) is 5.36. The van der Waals surface area contributed by atoms with Gasteiger partial charge in [-0.05, 0) is 25.8 Å². The number of rotatable bonds is 4. The molecular formula is C18H25N5O3S. The lowest BCUT2D eigenvalue weighted by Crippen LogP contribution is -2.57. The summed E-state index contributed by atoms with van der Waals surface area (Å²) in [6, 6.07) is 8.05. The summed E-state index contributed by atoms with van der Waals surface area (Å²) >= 11 is 0. The summed E-state index contributed by atoms with van der Waals surface area (Å²) in [5, 5.41) is 7.21. The fraction of sp³-hybridized carbons (Fsp3) is 0.444. The summed E-state index contributed by atoms with van der Waals surface area (Å²) < 4.78 is 30.5. The minimum atomic E-state index is -3.78. The standard InChI is InChI=1S/C18H25N5O3S/c1-12(14-8-6-5-7-9-14)19-18(24)17-10-16(21-27(25,26)23(17)4)15-11-22(3)20-13(15)2/h5-9,11-12,16-17,21H,10H2,1-4H3,(H,19,24). The van der Waals surface area contributed by atoms with Crippen LogP contribution in [0.1, 0.15) is 42.2 Å². The summed E-state index contributed by atoms with van der Waals surface area (Å²) in [6.07, 6.45) is 2.12. The monoisotopic (exact) mass is 391 g/mol. The van der Waals surface area contributed by atoms with Gasteiger partial charge in [0, 0.05) is 25.9 Å². The molecule has 2 heterocycles. The number of nitrogens with zero attached hydrogens (tertiary/aromatic N) is 3. The van der Waals surface area contributed by atoms with Crippen molar-refractivity contribution in [2.75, 3.05) is 7.05 Å². The van der Waals surface area contributed by atoms with Crippen LogP contribution < -0.4 is 10.0 Å². The molecular weight excluding hydrogens is 366 g/mol. The molecule has 8 nitrogen and oxygen atoms in total. The first-order valence-electron chi connectivity index (χ1n) is 8.80. The Hall–Kier alpha value is -2.23. The zero-order chi connectivity index (χ0) is 19.8. The van der Waals surface area contributed by atoms with Crippen molar-refractivity contribution in [3.63, 3.8) is 0 Å². The van der Waals surface area contributed by atoms with Gasteiger partial charge in [-0.1, -0.05) is 30.3 Å². The molecule has 3 unspecified atom stereocenters. The summed E-state index contributed by atoms with van der Waals surface area (Å²) in [6.45, 7) is 3.71. The van der Waals surface area contributed by atoms with Crippen LogP contribution >= 0.6 is 0 Å². The number of nitrogens with one attached hydrogen (secondary N) is 2. The first kappa shape index (κ1) is 19.5. The molecule has 27 heavy (non-hydrogen) atoms. The number of carbonyl (C=O) groups is 1. The van der Waals surface area contributed by atoms with Crippen molar-refractivity contribution in [2.24, 2.45) is 7.05 Å². The molecule has 9 heteroatoms. The number of amides is 1. The third-order valence-electron chi connectivity index (χ3n) is 4.96. The van der Waals surface area contributed by atoms with Crippen molar-refractivity contribution < 1.29 is 13.2 Å². The SMILES string of the molecule is Cc1nn(C)cc1C1CC(C(=O)NC(C)c2ccccc2)N(C)S(=O)(=O)N1. The van der Waals surface area contributed by atoms with Crippen LogP contribution in [0, 0.1) is 6.92 Å². The number of hydrogen-bond acceptors (Lipinski definition) is 4. The fourth-order valence-corrected chi connectivity index (χ4v) is 4.67. The van der Waals surface area contributed by atoms with E-state index in [-0.39, 0.29) is 11.9 Å². The molecule has 0 saturated carbocycles.